The van der Waals surface area contributed by atoms with Gasteiger partial charge in [0.2, 0.25) is 0 Å². The average Bonchev–Trinajstić information content (AvgIpc) is 2.49. The van der Waals surface area contributed by atoms with Gasteiger partial charge in [-0.3, -0.25) is 9.59 Å². The molecule has 22 heavy (non-hydrogen) atoms. The number of nitrogens with two attached hydrogens (primary N) is 1. The normalized spacial score (nSPS) is 12.0. The molecule has 0 spiro atoms. The lowest BCUT2D eigenvalue weighted by molar-refractivity contribution is -0.138. The minimum Gasteiger partial charge on any atom is -0.480 e. The number of carboxylic acid groups (broad SMARTS) is 1. The molecule has 0 aliphatic rings. The van der Waals surface area contributed by atoms with Gasteiger partial charge in [-0.15, -0.1) is 0 Å². The second kappa shape index (κ2) is 7.17. The highest BCUT2D eigenvalue weighted by atomic mass is 79.9. The number of hydrogen-bond donors (Lipinski definition) is 2. The monoisotopic (exact) mass is 425 g/mol. The number of benzene rings is 2. The van der Waals surface area contributed by atoms with Crippen molar-refractivity contribution in [3.8, 4) is 0 Å². The van der Waals surface area contributed by atoms with E-state index in [0.29, 0.717) is 11.1 Å². The van der Waals surface area contributed by atoms with Crippen LogP contribution in [0.4, 0.5) is 0 Å². The summed E-state index contributed by atoms with van der Waals surface area (Å²) in [6.07, 6.45) is 0.227. The molecule has 2 aromatic carbocycles. The molecule has 114 valence electrons. The Kier molecular flexibility index (Phi) is 5.50. The van der Waals surface area contributed by atoms with Gasteiger partial charge in [-0.2, -0.15) is 0 Å². The molecule has 1 unspecified atom stereocenters. The molecule has 0 aromatic heterocycles. The van der Waals surface area contributed by atoms with E-state index in [0.717, 1.165) is 14.5 Å². The number of rotatable bonds is 5. The maximum absolute atomic E-state index is 12.5. The molecule has 3 N–H and O–H groups in total. The number of hydrogen-bond acceptors (Lipinski definition) is 3. The fraction of sp³-hybridized carbons (Fsp3) is 0.125. The Morgan fingerprint density at radius 3 is 2.32 bits per heavy atom. The number of ketones is 1. The summed E-state index contributed by atoms with van der Waals surface area (Å²) in [6, 6.07) is 11.3. The first-order chi connectivity index (χ1) is 10.4. The van der Waals surface area contributed by atoms with Crippen molar-refractivity contribution in [1.29, 1.82) is 0 Å². The molecule has 0 saturated carbocycles. The van der Waals surface area contributed by atoms with E-state index in [1.807, 2.05) is 6.07 Å². The van der Waals surface area contributed by atoms with Crippen molar-refractivity contribution < 1.29 is 14.7 Å². The van der Waals surface area contributed by atoms with E-state index in [4.69, 9.17) is 10.8 Å². The number of carbonyl (C=O) groups is 2. The number of aliphatic carboxylic acids is 1. The van der Waals surface area contributed by atoms with Crippen molar-refractivity contribution in [2.24, 2.45) is 5.73 Å². The van der Waals surface area contributed by atoms with Gasteiger partial charge in [-0.1, -0.05) is 56.1 Å². The molecule has 0 radical (unpaired) electrons. The Balaban J connectivity index is 2.21. The van der Waals surface area contributed by atoms with Crippen molar-refractivity contribution in [1.82, 2.24) is 0 Å². The summed E-state index contributed by atoms with van der Waals surface area (Å²) >= 11 is 6.71. The Hall–Kier alpha value is -1.50. The second-order valence-electron chi connectivity index (χ2n) is 4.80. The Bertz CT molecular complexity index is 714. The van der Waals surface area contributed by atoms with Gasteiger partial charge in [0, 0.05) is 20.1 Å². The Labute approximate surface area is 144 Å². The zero-order chi connectivity index (χ0) is 16.3. The van der Waals surface area contributed by atoms with Crippen LogP contribution >= 0.6 is 31.9 Å². The first kappa shape index (κ1) is 16.9. The van der Waals surface area contributed by atoms with Gasteiger partial charge in [-0.25, -0.2) is 0 Å². The van der Waals surface area contributed by atoms with Gasteiger partial charge < -0.3 is 10.8 Å². The Morgan fingerprint density at radius 1 is 1.09 bits per heavy atom. The molecule has 6 heteroatoms. The maximum Gasteiger partial charge on any atom is 0.320 e. The molecule has 2 rings (SSSR count). The minimum atomic E-state index is -1.04. The van der Waals surface area contributed by atoms with E-state index in [1.165, 1.54) is 0 Å². The van der Waals surface area contributed by atoms with Crippen LogP contribution in [0.25, 0.3) is 0 Å². The SMILES string of the molecule is NC(Cc1ccc(C(=O)c2cc(Br)ccc2Br)cc1)C(=O)O. The van der Waals surface area contributed by atoms with Crippen LogP contribution in [-0.4, -0.2) is 22.9 Å². The predicted molar refractivity (Wildman–Crippen MR) is 91.0 cm³/mol. The molecular formula is C16H13Br2NO3. The average molecular weight is 427 g/mol. The van der Waals surface area contributed by atoms with Crippen LogP contribution in [0.5, 0.6) is 0 Å². The van der Waals surface area contributed by atoms with E-state index in [-0.39, 0.29) is 12.2 Å². The molecule has 0 fully saturated rings. The summed E-state index contributed by atoms with van der Waals surface area (Å²) in [5.74, 6) is -1.15. The van der Waals surface area contributed by atoms with E-state index in [1.54, 1.807) is 36.4 Å². The molecule has 0 heterocycles. The molecule has 0 aliphatic heterocycles. The van der Waals surface area contributed by atoms with Gasteiger partial charge in [-0.05, 0) is 30.2 Å². The topological polar surface area (TPSA) is 80.4 Å². The zero-order valence-electron chi connectivity index (χ0n) is 11.4. The molecule has 0 bridgehead atoms. The van der Waals surface area contributed by atoms with Gasteiger partial charge in [0.05, 0.1) is 0 Å². The van der Waals surface area contributed by atoms with Gasteiger partial charge >= 0.3 is 5.97 Å². The summed E-state index contributed by atoms with van der Waals surface area (Å²) in [7, 11) is 0. The summed E-state index contributed by atoms with van der Waals surface area (Å²) in [6.45, 7) is 0. The summed E-state index contributed by atoms with van der Waals surface area (Å²) < 4.78 is 1.54. The standard InChI is InChI=1S/C16H13Br2NO3/c17-11-5-6-13(18)12(8-11)15(20)10-3-1-9(2-4-10)7-14(19)16(21)22/h1-6,8,14H,7,19H2,(H,21,22). The molecule has 2 aromatic rings. The van der Waals surface area contributed by atoms with Crippen LogP contribution in [0.2, 0.25) is 0 Å². The van der Waals surface area contributed by atoms with E-state index >= 15 is 0 Å². The van der Waals surface area contributed by atoms with E-state index < -0.39 is 12.0 Å². The summed E-state index contributed by atoms with van der Waals surface area (Å²) in [4.78, 5) is 23.2. The van der Waals surface area contributed by atoms with Crippen molar-refractivity contribution in [3.05, 3.63) is 68.1 Å². The van der Waals surface area contributed by atoms with Gasteiger partial charge in [0.15, 0.2) is 5.78 Å². The Morgan fingerprint density at radius 2 is 1.73 bits per heavy atom. The quantitative estimate of drug-likeness (QED) is 0.718. The minimum absolute atomic E-state index is 0.109. The smallest absolute Gasteiger partial charge is 0.320 e. The lowest BCUT2D eigenvalue weighted by Gasteiger charge is -2.08. The molecule has 4 nitrogen and oxygen atoms in total. The molecule has 0 saturated heterocycles. The van der Waals surface area contributed by atoms with Gasteiger partial charge in [0.25, 0.3) is 0 Å². The molecule has 0 amide bonds. The number of carboxylic acids is 1. The molecule has 0 aliphatic carbocycles. The van der Waals surface area contributed by atoms with Crippen LogP contribution in [0.3, 0.4) is 0 Å². The fourth-order valence-corrected chi connectivity index (χ4v) is 2.75. The lowest BCUT2D eigenvalue weighted by Crippen LogP contribution is -2.32. The highest BCUT2D eigenvalue weighted by molar-refractivity contribution is 9.11. The van der Waals surface area contributed by atoms with Crippen molar-refractivity contribution in [2.75, 3.05) is 0 Å². The van der Waals surface area contributed by atoms with Crippen LogP contribution in [0.15, 0.2) is 51.4 Å². The predicted octanol–water partition coefficient (Wildman–Crippen LogP) is 3.40. The summed E-state index contributed by atoms with van der Waals surface area (Å²) in [5.41, 5.74) is 7.37. The third-order valence-electron chi connectivity index (χ3n) is 3.16. The highest BCUT2D eigenvalue weighted by Crippen LogP contribution is 2.24. The highest BCUT2D eigenvalue weighted by Gasteiger charge is 2.15. The largest absolute Gasteiger partial charge is 0.480 e. The maximum atomic E-state index is 12.5. The summed E-state index contributed by atoms with van der Waals surface area (Å²) in [5, 5.41) is 8.80. The third kappa shape index (κ3) is 4.03. The van der Waals surface area contributed by atoms with E-state index in [9.17, 15) is 9.59 Å². The van der Waals surface area contributed by atoms with E-state index in [2.05, 4.69) is 31.9 Å². The fourth-order valence-electron chi connectivity index (χ4n) is 1.96. The first-order valence-electron chi connectivity index (χ1n) is 6.45. The number of halogens is 2. The second-order valence-corrected chi connectivity index (χ2v) is 6.57. The van der Waals surface area contributed by atoms with Crippen LogP contribution in [0, 0.1) is 0 Å². The van der Waals surface area contributed by atoms with Crippen molar-refractivity contribution in [3.63, 3.8) is 0 Å². The zero-order valence-corrected chi connectivity index (χ0v) is 14.6. The van der Waals surface area contributed by atoms with Gasteiger partial charge in [0.1, 0.15) is 6.04 Å². The molecule has 1 atom stereocenters. The van der Waals surface area contributed by atoms with Crippen LogP contribution in [0.1, 0.15) is 21.5 Å². The third-order valence-corrected chi connectivity index (χ3v) is 4.35. The van der Waals surface area contributed by atoms with Crippen LogP contribution in [-0.2, 0) is 11.2 Å². The first-order valence-corrected chi connectivity index (χ1v) is 8.04. The lowest BCUT2D eigenvalue weighted by atomic mass is 10.00. The molecular weight excluding hydrogens is 414 g/mol. The number of carbonyl (C=O) groups excluding carboxylic acids is 1. The van der Waals surface area contributed by atoms with Crippen molar-refractivity contribution in [2.45, 2.75) is 12.5 Å². The van der Waals surface area contributed by atoms with Crippen LogP contribution < -0.4 is 5.73 Å². The van der Waals surface area contributed by atoms with Crippen molar-refractivity contribution >= 4 is 43.6 Å².